The minimum absolute atomic E-state index is 0.0389. The van der Waals surface area contributed by atoms with Gasteiger partial charge in [0.15, 0.2) is 11.5 Å². The molecule has 0 radical (unpaired) electrons. The first-order valence-corrected chi connectivity index (χ1v) is 12.7. The van der Waals surface area contributed by atoms with Crippen LogP contribution in [-0.4, -0.2) is 93.2 Å². The largest absolute Gasteiger partial charge is 0.493 e. The van der Waals surface area contributed by atoms with Crippen LogP contribution in [0.3, 0.4) is 0 Å². The zero-order chi connectivity index (χ0) is 28.1. The van der Waals surface area contributed by atoms with Crippen molar-refractivity contribution in [2.45, 2.75) is 13.0 Å². The van der Waals surface area contributed by atoms with Crippen molar-refractivity contribution < 1.29 is 33.0 Å². The molecule has 2 aromatic carbocycles. The van der Waals surface area contributed by atoms with Crippen molar-refractivity contribution in [1.82, 2.24) is 20.0 Å². The van der Waals surface area contributed by atoms with Crippen molar-refractivity contribution >= 4 is 17.9 Å². The Bertz CT molecular complexity index is 1270. The number of hydrogen-bond acceptors (Lipinski definition) is 7. The summed E-state index contributed by atoms with van der Waals surface area (Å²) in [6, 6.07) is 9.95. The molecule has 0 bridgehead atoms. The van der Waals surface area contributed by atoms with Gasteiger partial charge < -0.3 is 24.4 Å². The smallest absolute Gasteiger partial charge is 0.338 e. The predicted molar refractivity (Wildman–Crippen MR) is 141 cm³/mol. The summed E-state index contributed by atoms with van der Waals surface area (Å²) in [5.74, 6) is -0.607. The van der Waals surface area contributed by atoms with Gasteiger partial charge in [0.1, 0.15) is 5.82 Å². The van der Waals surface area contributed by atoms with Crippen molar-refractivity contribution in [3.8, 4) is 11.5 Å². The van der Waals surface area contributed by atoms with Crippen LogP contribution in [-0.2, 0) is 9.53 Å². The molecule has 208 valence electrons. The fraction of sp³-hybridized carbons (Fsp3) is 0.393. The monoisotopic (exact) mass is 540 g/mol. The van der Waals surface area contributed by atoms with Gasteiger partial charge in [0.2, 0.25) is 0 Å². The van der Waals surface area contributed by atoms with Gasteiger partial charge in [0.05, 0.1) is 38.0 Å². The lowest BCUT2D eigenvalue weighted by atomic mass is 9.93. The fourth-order valence-corrected chi connectivity index (χ4v) is 4.90. The van der Waals surface area contributed by atoms with Gasteiger partial charge in [-0.15, -0.1) is 0 Å². The number of piperazine rings is 1. The van der Waals surface area contributed by atoms with Crippen LogP contribution < -0.4 is 14.8 Å². The molecule has 39 heavy (non-hydrogen) atoms. The van der Waals surface area contributed by atoms with Crippen LogP contribution in [0.4, 0.5) is 9.18 Å². The molecule has 1 fully saturated rings. The molecule has 0 spiro atoms. The molecule has 3 amide bonds. The van der Waals surface area contributed by atoms with E-state index in [4.69, 9.17) is 14.2 Å². The number of ether oxygens (including phenoxy) is 3. The quantitative estimate of drug-likeness (QED) is 0.514. The Morgan fingerprint density at radius 2 is 1.74 bits per heavy atom. The molecule has 0 saturated carbocycles. The van der Waals surface area contributed by atoms with Gasteiger partial charge in [-0.25, -0.2) is 14.0 Å². The van der Waals surface area contributed by atoms with E-state index in [1.54, 1.807) is 49.2 Å². The number of likely N-dealkylation sites (N-methyl/N-ethyl adjacent to an activating group) is 1. The van der Waals surface area contributed by atoms with E-state index in [0.717, 1.165) is 0 Å². The lowest BCUT2D eigenvalue weighted by Gasteiger charge is -2.39. The molecule has 2 aliphatic heterocycles. The Hall–Kier alpha value is -4.12. The Morgan fingerprint density at radius 1 is 1.03 bits per heavy atom. The minimum Gasteiger partial charge on any atom is -0.493 e. The molecule has 11 heteroatoms. The van der Waals surface area contributed by atoms with Gasteiger partial charge in [-0.3, -0.25) is 14.6 Å². The van der Waals surface area contributed by atoms with Crippen molar-refractivity contribution in [2.75, 3.05) is 60.6 Å². The van der Waals surface area contributed by atoms with Crippen LogP contribution in [0.5, 0.6) is 11.5 Å². The van der Waals surface area contributed by atoms with E-state index in [1.165, 1.54) is 31.3 Å². The lowest BCUT2D eigenvalue weighted by molar-refractivity contribution is -0.139. The number of hydrogen-bond donors (Lipinski definition) is 1. The van der Waals surface area contributed by atoms with E-state index in [-0.39, 0.29) is 36.2 Å². The molecular weight excluding hydrogens is 507 g/mol. The minimum atomic E-state index is -0.836. The van der Waals surface area contributed by atoms with Crippen LogP contribution in [0.1, 0.15) is 28.9 Å². The van der Waals surface area contributed by atoms with E-state index in [9.17, 15) is 18.8 Å². The number of carbonyl (C=O) groups excluding carboxylic acids is 3. The number of nitrogens with zero attached hydrogens (tertiary/aromatic N) is 3. The molecule has 2 heterocycles. The summed E-state index contributed by atoms with van der Waals surface area (Å²) < 4.78 is 30.6. The van der Waals surface area contributed by atoms with Gasteiger partial charge in [-0.2, -0.15) is 0 Å². The Balaban J connectivity index is 1.63. The maximum atomic E-state index is 14.2. The molecular formula is C28H33FN4O6. The lowest BCUT2D eigenvalue weighted by Crippen LogP contribution is -2.53. The average Bonchev–Trinajstić information content (AvgIpc) is 2.95. The van der Waals surface area contributed by atoms with Crippen molar-refractivity contribution in [1.29, 1.82) is 0 Å². The highest BCUT2D eigenvalue weighted by Crippen LogP contribution is 2.40. The molecule has 1 saturated heterocycles. The number of carbonyl (C=O) groups is 3. The van der Waals surface area contributed by atoms with E-state index < -0.39 is 17.8 Å². The van der Waals surface area contributed by atoms with Crippen LogP contribution >= 0.6 is 0 Å². The highest BCUT2D eigenvalue weighted by atomic mass is 19.1. The third-order valence-electron chi connectivity index (χ3n) is 6.95. The van der Waals surface area contributed by atoms with Gasteiger partial charge in [-0.1, -0.05) is 24.3 Å². The normalized spacial score (nSPS) is 18.1. The summed E-state index contributed by atoms with van der Waals surface area (Å²) in [5.41, 5.74) is 1.37. The van der Waals surface area contributed by atoms with Gasteiger partial charge in [0.25, 0.3) is 5.91 Å². The van der Waals surface area contributed by atoms with Gasteiger partial charge in [0, 0.05) is 51.0 Å². The first-order valence-electron chi connectivity index (χ1n) is 12.7. The second-order valence-electron chi connectivity index (χ2n) is 9.15. The van der Waals surface area contributed by atoms with Crippen molar-refractivity contribution in [3.63, 3.8) is 0 Å². The van der Waals surface area contributed by atoms with E-state index in [0.29, 0.717) is 48.9 Å². The molecule has 2 aliphatic rings. The zero-order valence-electron chi connectivity index (χ0n) is 22.5. The first-order chi connectivity index (χ1) is 18.8. The van der Waals surface area contributed by atoms with Crippen LogP contribution in [0.25, 0.3) is 0 Å². The van der Waals surface area contributed by atoms with E-state index in [2.05, 4.69) is 10.2 Å². The highest BCUT2D eigenvalue weighted by Gasteiger charge is 2.39. The molecule has 0 unspecified atom stereocenters. The number of methoxy groups -OCH3 is 2. The van der Waals surface area contributed by atoms with Gasteiger partial charge in [-0.05, 0) is 25.1 Å². The molecule has 0 aromatic heterocycles. The Kier molecular flexibility index (Phi) is 8.70. The zero-order valence-corrected chi connectivity index (χ0v) is 22.5. The predicted octanol–water partition coefficient (Wildman–Crippen LogP) is 2.81. The van der Waals surface area contributed by atoms with Crippen LogP contribution in [0.15, 0.2) is 53.7 Å². The third-order valence-corrected chi connectivity index (χ3v) is 6.95. The highest BCUT2D eigenvalue weighted by molar-refractivity contribution is 5.96. The number of esters is 1. The number of rotatable bonds is 8. The second kappa shape index (κ2) is 12.2. The Labute approximate surface area is 226 Å². The fourth-order valence-electron chi connectivity index (χ4n) is 4.90. The SMILES string of the molecule is CCOC(=O)C1=C(CN2CCN(C(=O)c3ccccc3F)CC2)N(C)C(=O)N[C@H]1c1cccc(OC)c1OC. The van der Waals surface area contributed by atoms with Crippen molar-refractivity contribution in [3.05, 3.63) is 70.7 Å². The third kappa shape index (κ3) is 5.68. The number of nitrogens with one attached hydrogen (secondary N) is 1. The molecule has 2 aromatic rings. The summed E-state index contributed by atoms with van der Waals surface area (Å²) in [6.07, 6.45) is 0. The molecule has 4 rings (SSSR count). The number of urea groups is 1. The molecule has 1 N–H and O–H groups in total. The summed E-state index contributed by atoms with van der Waals surface area (Å²) in [4.78, 5) is 44.3. The van der Waals surface area contributed by atoms with E-state index >= 15 is 0 Å². The molecule has 0 aliphatic carbocycles. The Morgan fingerprint density at radius 3 is 2.38 bits per heavy atom. The number of halogens is 1. The standard InChI is InChI=1S/C28H33FN4O6/c1-5-39-27(35)23-21(17-32-13-15-33(16-14-32)26(34)18-9-6-7-11-20(18)29)31(2)28(36)30-24(23)19-10-8-12-22(37-3)25(19)38-4/h6-12,24H,5,13-17H2,1-4H3,(H,30,36)/t24-/m0/s1. The van der Waals surface area contributed by atoms with Crippen LogP contribution in [0.2, 0.25) is 0 Å². The number of para-hydroxylation sites is 1. The van der Waals surface area contributed by atoms with Crippen molar-refractivity contribution in [2.24, 2.45) is 0 Å². The number of amides is 3. The van der Waals surface area contributed by atoms with E-state index in [1.807, 2.05) is 0 Å². The summed E-state index contributed by atoms with van der Waals surface area (Å²) in [5, 5.41) is 2.90. The van der Waals surface area contributed by atoms with Gasteiger partial charge >= 0.3 is 12.0 Å². The molecule has 10 nitrogen and oxygen atoms in total. The summed E-state index contributed by atoms with van der Waals surface area (Å²) in [7, 11) is 4.61. The second-order valence-corrected chi connectivity index (χ2v) is 9.15. The average molecular weight is 541 g/mol. The summed E-state index contributed by atoms with van der Waals surface area (Å²) >= 11 is 0. The first kappa shape index (κ1) is 27.9. The summed E-state index contributed by atoms with van der Waals surface area (Å²) in [6.45, 7) is 3.84. The molecule has 1 atom stereocenters. The maximum Gasteiger partial charge on any atom is 0.338 e. The number of benzene rings is 2. The maximum absolute atomic E-state index is 14.2. The van der Waals surface area contributed by atoms with Crippen LogP contribution in [0, 0.1) is 5.82 Å². The topological polar surface area (TPSA) is 101 Å².